The molecule has 1 aromatic carbocycles. The molecule has 1 aromatic rings. The van der Waals surface area contributed by atoms with Crippen LogP contribution in [0.4, 0.5) is 13.2 Å². The largest absolute Gasteiger partial charge is 0.573 e. The number of nitrogens with one attached hydrogen (secondary N) is 1. The molecule has 21 heavy (non-hydrogen) atoms. The summed E-state index contributed by atoms with van der Waals surface area (Å²) in [5.41, 5.74) is 5.78. The maximum absolute atomic E-state index is 12.1. The second kappa shape index (κ2) is 5.82. The van der Waals surface area contributed by atoms with Crippen molar-refractivity contribution >= 4 is 10.0 Å². The van der Waals surface area contributed by atoms with E-state index >= 15 is 0 Å². The summed E-state index contributed by atoms with van der Waals surface area (Å²) >= 11 is 0. The van der Waals surface area contributed by atoms with E-state index in [1.54, 1.807) is 0 Å². The number of halogens is 3. The molecule has 3 N–H and O–H groups in total. The summed E-state index contributed by atoms with van der Waals surface area (Å²) in [5, 5.41) is 0. The summed E-state index contributed by atoms with van der Waals surface area (Å²) < 4.78 is 66.3. The minimum absolute atomic E-state index is 0.0529. The van der Waals surface area contributed by atoms with Crippen LogP contribution >= 0.6 is 0 Å². The highest BCUT2D eigenvalue weighted by Gasteiger charge is 2.32. The minimum atomic E-state index is -4.87. The van der Waals surface area contributed by atoms with Crippen LogP contribution in [0.1, 0.15) is 12.8 Å². The van der Waals surface area contributed by atoms with Crippen molar-refractivity contribution in [3.8, 4) is 5.75 Å². The van der Waals surface area contributed by atoms with Crippen LogP contribution in [0.5, 0.6) is 5.75 Å². The number of rotatable bonds is 6. The third-order valence-electron chi connectivity index (χ3n) is 3.09. The Morgan fingerprint density at radius 2 is 2.05 bits per heavy atom. The molecule has 1 aliphatic carbocycles. The summed E-state index contributed by atoms with van der Waals surface area (Å²) in [7, 11) is -3.92. The molecule has 1 atom stereocenters. The van der Waals surface area contributed by atoms with Crippen LogP contribution in [0.15, 0.2) is 29.2 Å². The molecule has 5 nitrogen and oxygen atoms in total. The van der Waals surface area contributed by atoms with E-state index in [-0.39, 0.29) is 17.5 Å². The van der Waals surface area contributed by atoms with E-state index in [2.05, 4.69) is 9.46 Å². The average Bonchev–Trinajstić information content (AvgIpc) is 3.18. The van der Waals surface area contributed by atoms with Gasteiger partial charge in [0.2, 0.25) is 10.0 Å². The number of sulfonamides is 1. The Hall–Kier alpha value is -1.32. The Balaban J connectivity index is 2.06. The lowest BCUT2D eigenvalue weighted by molar-refractivity contribution is -0.274. The Labute approximate surface area is 120 Å². The Bertz CT molecular complexity index is 600. The summed E-state index contributed by atoms with van der Waals surface area (Å²) in [6.07, 6.45) is -2.93. The van der Waals surface area contributed by atoms with E-state index in [0.717, 1.165) is 25.0 Å². The molecule has 1 saturated carbocycles. The molecule has 1 aliphatic rings. The van der Waals surface area contributed by atoms with Crippen molar-refractivity contribution < 1.29 is 26.3 Å². The van der Waals surface area contributed by atoms with Crippen molar-refractivity contribution in [2.24, 2.45) is 11.7 Å². The number of nitrogens with two attached hydrogens (primary N) is 1. The van der Waals surface area contributed by atoms with Crippen LogP contribution in [0, 0.1) is 5.92 Å². The molecule has 0 amide bonds. The lowest BCUT2D eigenvalue weighted by Gasteiger charge is -2.13. The van der Waals surface area contributed by atoms with Crippen molar-refractivity contribution in [3.05, 3.63) is 24.3 Å². The summed E-state index contributed by atoms with van der Waals surface area (Å²) in [5.74, 6) is -0.274. The smallest absolute Gasteiger partial charge is 0.406 e. The third kappa shape index (κ3) is 4.87. The molecule has 9 heteroatoms. The molecule has 0 spiro atoms. The number of benzene rings is 1. The van der Waals surface area contributed by atoms with Gasteiger partial charge in [-0.1, -0.05) is 6.07 Å². The zero-order valence-electron chi connectivity index (χ0n) is 10.9. The van der Waals surface area contributed by atoms with Crippen molar-refractivity contribution in [2.45, 2.75) is 30.1 Å². The monoisotopic (exact) mass is 324 g/mol. The van der Waals surface area contributed by atoms with Gasteiger partial charge in [-0.3, -0.25) is 0 Å². The second-order valence-electron chi connectivity index (χ2n) is 4.88. The van der Waals surface area contributed by atoms with Gasteiger partial charge < -0.3 is 10.5 Å². The van der Waals surface area contributed by atoms with Crippen molar-refractivity contribution in [1.29, 1.82) is 0 Å². The van der Waals surface area contributed by atoms with E-state index < -0.39 is 22.1 Å². The Morgan fingerprint density at radius 1 is 1.38 bits per heavy atom. The first-order valence-electron chi connectivity index (χ1n) is 6.28. The zero-order chi connectivity index (χ0) is 15.7. The molecule has 118 valence electrons. The molecule has 0 radical (unpaired) electrons. The standard InChI is InChI=1S/C12H15F3N2O3S/c13-12(14,15)20-9-2-1-3-10(6-9)21(18,19)17-7-11(16)8-4-5-8/h1-3,6,8,11,17H,4-5,7,16H2. The van der Waals surface area contributed by atoms with Crippen molar-refractivity contribution in [3.63, 3.8) is 0 Å². The maximum Gasteiger partial charge on any atom is 0.573 e. The maximum atomic E-state index is 12.1. The Kier molecular flexibility index (Phi) is 4.45. The third-order valence-corrected chi connectivity index (χ3v) is 4.51. The quantitative estimate of drug-likeness (QED) is 0.833. The van der Waals surface area contributed by atoms with Crippen LogP contribution in [0.25, 0.3) is 0 Å². The molecule has 0 aromatic heterocycles. The summed E-state index contributed by atoms with van der Waals surface area (Å²) in [6.45, 7) is 0.0529. The first kappa shape index (κ1) is 16.1. The Morgan fingerprint density at radius 3 is 2.62 bits per heavy atom. The highest BCUT2D eigenvalue weighted by Crippen LogP contribution is 2.31. The molecule has 1 fully saturated rings. The topological polar surface area (TPSA) is 81.4 Å². The van der Waals surface area contributed by atoms with Crippen LogP contribution in [0.3, 0.4) is 0 Å². The molecule has 0 aliphatic heterocycles. The fourth-order valence-electron chi connectivity index (χ4n) is 1.82. The van der Waals surface area contributed by atoms with E-state index in [0.29, 0.717) is 5.92 Å². The first-order chi connectivity index (χ1) is 9.67. The van der Waals surface area contributed by atoms with Gasteiger partial charge in [-0.25, -0.2) is 13.1 Å². The number of hydrogen-bond donors (Lipinski definition) is 2. The second-order valence-corrected chi connectivity index (χ2v) is 6.64. The van der Waals surface area contributed by atoms with Crippen molar-refractivity contribution in [1.82, 2.24) is 4.72 Å². The highest BCUT2D eigenvalue weighted by atomic mass is 32.2. The number of ether oxygens (including phenoxy) is 1. The van der Waals surface area contributed by atoms with E-state index in [1.807, 2.05) is 0 Å². The first-order valence-corrected chi connectivity index (χ1v) is 7.77. The zero-order valence-corrected chi connectivity index (χ0v) is 11.7. The van der Waals surface area contributed by atoms with Gasteiger partial charge in [-0.2, -0.15) is 0 Å². The number of alkyl halides is 3. The van der Waals surface area contributed by atoms with E-state index in [1.165, 1.54) is 12.1 Å². The highest BCUT2D eigenvalue weighted by molar-refractivity contribution is 7.89. The van der Waals surface area contributed by atoms with Crippen LogP contribution in [0.2, 0.25) is 0 Å². The predicted molar refractivity (Wildman–Crippen MR) is 69.0 cm³/mol. The minimum Gasteiger partial charge on any atom is -0.406 e. The van der Waals surface area contributed by atoms with Crippen LogP contribution in [-0.4, -0.2) is 27.4 Å². The van der Waals surface area contributed by atoms with Gasteiger partial charge in [0.25, 0.3) is 0 Å². The molecule has 0 heterocycles. The van der Waals surface area contributed by atoms with Gasteiger partial charge in [0, 0.05) is 18.7 Å². The average molecular weight is 324 g/mol. The summed E-state index contributed by atoms with van der Waals surface area (Å²) in [6, 6.07) is 3.93. The molecule has 1 unspecified atom stereocenters. The lowest BCUT2D eigenvalue weighted by Crippen LogP contribution is -2.38. The van der Waals surface area contributed by atoms with Crippen molar-refractivity contribution in [2.75, 3.05) is 6.54 Å². The molecule has 2 rings (SSSR count). The molecule has 0 saturated heterocycles. The molecule has 0 bridgehead atoms. The van der Waals surface area contributed by atoms with E-state index in [4.69, 9.17) is 5.73 Å². The van der Waals surface area contributed by atoms with Gasteiger partial charge in [0.15, 0.2) is 0 Å². The lowest BCUT2D eigenvalue weighted by atomic mass is 10.2. The fraction of sp³-hybridized carbons (Fsp3) is 0.500. The van der Waals surface area contributed by atoms with Crippen LogP contribution in [-0.2, 0) is 10.0 Å². The van der Waals surface area contributed by atoms with Gasteiger partial charge in [-0.15, -0.1) is 13.2 Å². The molecular formula is C12H15F3N2O3S. The summed E-state index contributed by atoms with van der Waals surface area (Å²) in [4.78, 5) is -0.299. The normalized spacial score (nSPS) is 17.5. The SMILES string of the molecule is NC(CNS(=O)(=O)c1cccc(OC(F)(F)F)c1)C1CC1. The molecular weight excluding hydrogens is 309 g/mol. The van der Waals surface area contributed by atoms with Gasteiger partial charge in [-0.05, 0) is 30.9 Å². The fourth-order valence-corrected chi connectivity index (χ4v) is 2.93. The van der Waals surface area contributed by atoms with Crippen LogP contribution < -0.4 is 15.2 Å². The van der Waals surface area contributed by atoms with E-state index in [9.17, 15) is 21.6 Å². The van der Waals surface area contributed by atoms with Gasteiger partial charge in [0.05, 0.1) is 4.90 Å². The van der Waals surface area contributed by atoms with Gasteiger partial charge in [0.1, 0.15) is 5.75 Å². The predicted octanol–water partition coefficient (Wildman–Crippen LogP) is 1.60. The van der Waals surface area contributed by atoms with Gasteiger partial charge >= 0.3 is 6.36 Å². The number of hydrogen-bond acceptors (Lipinski definition) is 4.